The normalized spacial score (nSPS) is 10.7. The fourth-order valence-electron chi connectivity index (χ4n) is 2.64. The van der Waals surface area contributed by atoms with Gasteiger partial charge in [0.25, 0.3) is 11.5 Å². The highest BCUT2D eigenvalue weighted by Gasteiger charge is 2.21. The van der Waals surface area contributed by atoms with Crippen LogP contribution in [0.3, 0.4) is 0 Å². The molecule has 0 atom stereocenters. The van der Waals surface area contributed by atoms with Crippen molar-refractivity contribution in [2.24, 2.45) is 0 Å². The molecule has 0 saturated carbocycles. The molecule has 0 radical (unpaired) electrons. The Morgan fingerprint density at radius 1 is 1.15 bits per heavy atom. The Labute approximate surface area is 151 Å². The lowest BCUT2D eigenvalue weighted by Crippen LogP contribution is -2.33. The Morgan fingerprint density at radius 2 is 1.92 bits per heavy atom. The third-order valence-electron chi connectivity index (χ3n) is 4.01. The lowest BCUT2D eigenvalue weighted by molar-refractivity contribution is 0.0976. The minimum atomic E-state index is -0.282. The van der Waals surface area contributed by atoms with E-state index in [9.17, 15) is 9.59 Å². The van der Waals surface area contributed by atoms with E-state index in [2.05, 4.69) is 5.10 Å². The number of aromatic nitrogens is 2. The van der Waals surface area contributed by atoms with E-state index in [0.29, 0.717) is 12.3 Å². The van der Waals surface area contributed by atoms with Gasteiger partial charge in [-0.25, -0.2) is 4.68 Å². The van der Waals surface area contributed by atoms with Crippen LogP contribution >= 0.6 is 0 Å². The van der Waals surface area contributed by atoms with Crippen molar-refractivity contribution in [3.8, 4) is 0 Å². The minimum absolute atomic E-state index is 0.212. The largest absolute Gasteiger partial charge is 0.467 e. The Kier molecular flexibility index (Phi) is 5.31. The number of benzene rings is 1. The lowest BCUT2D eigenvalue weighted by atomic mass is 10.2. The molecule has 0 aliphatic heterocycles. The molecule has 3 rings (SSSR count). The summed E-state index contributed by atoms with van der Waals surface area (Å²) >= 11 is 0. The van der Waals surface area contributed by atoms with Crippen LogP contribution in [0.4, 0.5) is 5.69 Å². The molecule has 2 aromatic heterocycles. The quantitative estimate of drug-likeness (QED) is 0.682. The Hall–Kier alpha value is -3.15. The zero-order chi connectivity index (χ0) is 18.5. The van der Waals surface area contributed by atoms with Crippen LogP contribution in [0.1, 0.15) is 35.2 Å². The van der Waals surface area contributed by atoms with Gasteiger partial charge in [0.15, 0.2) is 0 Å². The monoisotopic (exact) mass is 351 g/mol. The molecule has 1 amide bonds. The Bertz CT molecular complexity index is 928. The molecule has 0 saturated heterocycles. The topological polar surface area (TPSA) is 68.3 Å². The van der Waals surface area contributed by atoms with Crippen LogP contribution in [-0.4, -0.2) is 15.7 Å². The van der Waals surface area contributed by atoms with Gasteiger partial charge in [0.2, 0.25) is 0 Å². The molecule has 0 N–H and O–H groups in total. The number of hydrogen-bond acceptors (Lipinski definition) is 4. The van der Waals surface area contributed by atoms with E-state index in [4.69, 9.17) is 4.42 Å². The standard InChI is InChI=1S/C20H21N3O3/c1-3-12-23-19(24)11-10-18(21-23)20(25)22(14-17-5-4-13-26-17)16-8-6-15(2)7-9-16/h4-11,13H,3,12,14H2,1-2H3. The van der Waals surface area contributed by atoms with Gasteiger partial charge in [0, 0.05) is 18.3 Å². The van der Waals surface area contributed by atoms with Crippen molar-refractivity contribution < 1.29 is 9.21 Å². The van der Waals surface area contributed by atoms with Gasteiger partial charge in [-0.1, -0.05) is 24.6 Å². The van der Waals surface area contributed by atoms with Gasteiger partial charge in [-0.05, 0) is 43.7 Å². The van der Waals surface area contributed by atoms with E-state index in [1.807, 2.05) is 44.2 Å². The maximum Gasteiger partial charge on any atom is 0.279 e. The van der Waals surface area contributed by atoms with E-state index in [-0.39, 0.29) is 23.7 Å². The summed E-state index contributed by atoms with van der Waals surface area (Å²) in [5.41, 5.74) is 1.86. The molecule has 2 heterocycles. The minimum Gasteiger partial charge on any atom is -0.467 e. The molecule has 1 aromatic carbocycles. The van der Waals surface area contributed by atoms with Gasteiger partial charge >= 0.3 is 0 Å². The van der Waals surface area contributed by atoms with Crippen molar-refractivity contribution in [2.45, 2.75) is 33.4 Å². The van der Waals surface area contributed by atoms with Gasteiger partial charge < -0.3 is 4.42 Å². The number of furan rings is 1. The zero-order valence-corrected chi connectivity index (χ0v) is 14.9. The van der Waals surface area contributed by atoms with Crippen molar-refractivity contribution >= 4 is 11.6 Å². The number of anilines is 1. The molecular weight excluding hydrogens is 330 g/mol. The maximum atomic E-state index is 13.1. The van der Waals surface area contributed by atoms with Crippen molar-refractivity contribution in [3.05, 3.63) is 82.2 Å². The van der Waals surface area contributed by atoms with Gasteiger partial charge in [0.1, 0.15) is 11.5 Å². The molecular formula is C20H21N3O3. The van der Waals surface area contributed by atoms with Gasteiger partial charge in [-0.2, -0.15) is 5.10 Å². The molecule has 6 nitrogen and oxygen atoms in total. The SMILES string of the molecule is CCCn1nc(C(=O)N(Cc2ccco2)c2ccc(C)cc2)ccc1=O. The second-order valence-corrected chi connectivity index (χ2v) is 6.09. The Balaban J connectivity index is 1.97. The van der Waals surface area contributed by atoms with E-state index in [1.165, 1.54) is 16.8 Å². The van der Waals surface area contributed by atoms with Gasteiger partial charge in [-0.15, -0.1) is 0 Å². The third-order valence-corrected chi connectivity index (χ3v) is 4.01. The maximum absolute atomic E-state index is 13.1. The van der Waals surface area contributed by atoms with E-state index in [0.717, 1.165) is 17.7 Å². The van der Waals surface area contributed by atoms with Crippen LogP contribution in [0.2, 0.25) is 0 Å². The average Bonchev–Trinajstić information content (AvgIpc) is 3.15. The molecule has 3 aromatic rings. The third kappa shape index (κ3) is 3.91. The molecule has 26 heavy (non-hydrogen) atoms. The van der Waals surface area contributed by atoms with Crippen LogP contribution in [-0.2, 0) is 13.1 Å². The lowest BCUT2D eigenvalue weighted by Gasteiger charge is -2.22. The summed E-state index contributed by atoms with van der Waals surface area (Å²) in [4.78, 5) is 26.6. The number of carbonyl (C=O) groups is 1. The Morgan fingerprint density at radius 3 is 2.58 bits per heavy atom. The molecule has 0 bridgehead atoms. The summed E-state index contributed by atoms with van der Waals surface area (Å²) < 4.78 is 6.73. The molecule has 0 fully saturated rings. The molecule has 0 spiro atoms. The van der Waals surface area contributed by atoms with E-state index in [1.54, 1.807) is 17.2 Å². The molecule has 0 unspecified atom stereocenters. The highest BCUT2D eigenvalue weighted by atomic mass is 16.3. The zero-order valence-electron chi connectivity index (χ0n) is 14.9. The predicted molar refractivity (Wildman–Crippen MR) is 99.2 cm³/mol. The van der Waals surface area contributed by atoms with Crippen LogP contribution in [0.5, 0.6) is 0 Å². The summed E-state index contributed by atoms with van der Waals surface area (Å²) in [6, 6.07) is 14.1. The number of nitrogens with zero attached hydrogens (tertiary/aromatic N) is 3. The second-order valence-electron chi connectivity index (χ2n) is 6.09. The van der Waals surface area contributed by atoms with Gasteiger partial charge in [0.05, 0.1) is 12.8 Å². The van der Waals surface area contributed by atoms with Crippen LogP contribution in [0.25, 0.3) is 0 Å². The van der Waals surface area contributed by atoms with Gasteiger partial charge in [-0.3, -0.25) is 14.5 Å². The number of hydrogen-bond donors (Lipinski definition) is 0. The fraction of sp³-hybridized carbons (Fsp3) is 0.250. The van der Waals surface area contributed by atoms with Crippen LogP contribution in [0, 0.1) is 6.92 Å². The van der Waals surface area contributed by atoms with E-state index >= 15 is 0 Å². The molecule has 134 valence electrons. The van der Waals surface area contributed by atoms with Crippen LogP contribution < -0.4 is 10.5 Å². The number of carbonyl (C=O) groups excluding carboxylic acids is 1. The fourth-order valence-corrected chi connectivity index (χ4v) is 2.64. The number of aryl methyl sites for hydroxylation is 2. The summed E-state index contributed by atoms with van der Waals surface area (Å²) in [7, 11) is 0. The average molecular weight is 351 g/mol. The summed E-state index contributed by atoms with van der Waals surface area (Å²) in [5, 5.41) is 4.24. The number of rotatable bonds is 6. The number of amides is 1. The molecule has 6 heteroatoms. The summed E-state index contributed by atoms with van der Waals surface area (Å²) in [6.45, 7) is 4.70. The summed E-state index contributed by atoms with van der Waals surface area (Å²) in [6.07, 6.45) is 2.34. The van der Waals surface area contributed by atoms with E-state index < -0.39 is 0 Å². The van der Waals surface area contributed by atoms with Crippen molar-refractivity contribution in [3.63, 3.8) is 0 Å². The predicted octanol–water partition coefficient (Wildman–Crippen LogP) is 3.40. The van der Waals surface area contributed by atoms with Crippen molar-refractivity contribution in [2.75, 3.05) is 4.90 Å². The first-order chi connectivity index (χ1) is 12.6. The molecule has 0 aliphatic rings. The highest BCUT2D eigenvalue weighted by Crippen LogP contribution is 2.20. The smallest absolute Gasteiger partial charge is 0.279 e. The second kappa shape index (κ2) is 7.82. The van der Waals surface area contributed by atoms with Crippen molar-refractivity contribution in [1.29, 1.82) is 0 Å². The first kappa shape index (κ1) is 17.7. The molecule has 0 aliphatic carbocycles. The highest BCUT2D eigenvalue weighted by molar-refractivity contribution is 6.04. The summed E-state index contributed by atoms with van der Waals surface area (Å²) in [5.74, 6) is 0.385. The first-order valence-corrected chi connectivity index (χ1v) is 8.57. The first-order valence-electron chi connectivity index (χ1n) is 8.57. The van der Waals surface area contributed by atoms with Crippen LogP contribution in [0.15, 0.2) is 64.0 Å². The van der Waals surface area contributed by atoms with Crippen molar-refractivity contribution in [1.82, 2.24) is 9.78 Å².